The van der Waals surface area contributed by atoms with E-state index in [-0.39, 0.29) is 5.60 Å². The second-order valence-electron chi connectivity index (χ2n) is 5.44. The summed E-state index contributed by atoms with van der Waals surface area (Å²) in [6.45, 7) is 7.34. The van der Waals surface area contributed by atoms with E-state index < -0.39 is 0 Å². The van der Waals surface area contributed by atoms with Crippen molar-refractivity contribution < 1.29 is 4.74 Å². The minimum atomic E-state index is -0.000245. The molecule has 3 heteroatoms. The van der Waals surface area contributed by atoms with Gasteiger partial charge in [-0.25, -0.2) is 0 Å². The molecule has 1 aromatic rings. The van der Waals surface area contributed by atoms with Gasteiger partial charge in [0.2, 0.25) is 0 Å². The van der Waals surface area contributed by atoms with Crippen molar-refractivity contribution in [1.29, 1.82) is 0 Å². The van der Waals surface area contributed by atoms with Gasteiger partial charge in [0.05, 0.1) is 11.3 Å². The zero-order chi connectivity index (χ0) is 12.3. The highest BCUT2D eigenvalue weighted by molar-refractivity contribution is 5.08. The molecule has 0 spiro atoms. The number of hydrogen-bond donors (Lipinski definition) is 1. The first-order valence-corrected chi connectivity index (χ1v) is 6.38. The van der Waals surface area contributed by atoms with E-state index in [9.17, 15) is 0 Å². The topological polar surface area (TPSA) is 34.1 Å². The molecular weight excluding hydrogens is 212 g/mol. The van der Waals surface area contributed by atoms with Crippen molar-refractivity contribution in [2.45, 2.75) is 51.3 Å². The number of aromatic nitrogens is 1. The van der Waals surface area contributed by atoms with Gasteiger partial charge in [-0.15, -0.1) is 0 Å². The lowest BCUT2D eigenvalue weighted by atomic mass is 9.93. The van der Waals surface area contributed by atoms with Gasteiger partial charge in [-0.2, -0.15) is 0 Å². The average molecular weight is 234 g/mol. The van der Waals surface area contributed by atoms with Crippen molar-refractivity contribution in [2.24, 2.45) is 0 Å². The van der Waals surface area contributed by atoms with Gasteiger partial charge in [-0.1, -0.05) is 6.07 Å². The highest BCUT2D eigenvalue weighted by Gasteiger charge is 2.29. The van der Waals surface area contributed by atoms with Gasteiger partial charge >= 0.3 is 0 Å². The van der Waals surface area contributed by atoms with Crippen LogP contribution >= 0.6 is 0 Å². The van der Waals surface area contributed by atoms with Crippen LogP contribution in [-0.4, -0.2) is 23.2 Å². The van der Waals surface area contributed by atoms with Crippen molar-refractivity contribution in [3.05, 3.63) is 30.1 Å². The SMILES string of the molecule is C[C@@H](NC1CCOC(C)(C)C1)c1ccccn1. The normalized spacial score (nSPS) is 25.5. The van der Waals surface area contributed by atoms with Crippen LogP contribution in [0.3, 0.4) is 0 Å². The van der Waals surface area contributed by atoms with Crippen LogP contribution in [0.15, 0.2) is 24.4 Å². The molecule has 0 bridgehead atoms. The van der Waals surface area contributed by atoms with Crippen LogP contribution in [0, 0.1) is 0 Å². The summed E-state index contributed by atoms with van der Waals surface area (Å²) in [7, 11) is 0. The zero-order valence-electron chi connectivity index (χ0n) is 10.9. The first-order valence-electron chi connectivity index (χ1n) is 6.38. The van der Waals surface area contributed by atoms with Gasteiger partial charge in [0.25, 0.3) is 0 Å². The second kappa shape index (κ2) is 5.15. The van der Waals surface area contributed by atoms with Crippen molar-refractivity contribution in [2.75, 3.05) is 6.61 Å². The van der Waals surface area contributed by atoms with E-state index in [2.05, 4.69) is 37.1 Å². The molecule has 1 fully saturated rings. The number of rotatable bonds is 3. The van der Waals surface area contributed by atoms with Gasteiger partial charge in [-0.05, 0) is 45.7 Å². The van der Waals surface area contributed by atoms with E-state index in [1.807, 2.05) is 18.3 Å². The van der Waals surface area contributed by atoms with Crippen LogP contribution in [0.4, 0.5) is 0 Å². The summed E-state index contributed by atoms with van der Waals surface area (Å²) >= 11 is 0. The minimum absolute atomic E-state index is 0.000245. The predicted octanol–water partition coefficient (Wildman–Crippen LogP) is 2.69. The highest BCUT2D eigenvalue weighted by atomic mass is 16.5. The van der Waals surface area contributed by atoms with Crippen LogP contribution in [0.5, 0.6) is 0 Å². The van der Waals surface area contributed by atoms with Crippen molar-refractivity contribution >= 4 is 0 Å². The quantitative estimate of drug-likeness (QED) is 0.873. The lowest BCUT2D eigenvalue weighted by Gasteiger charge is -2.37. The van der Waals surface area contributed by atoms with Gasteiger partial charge in [0, 0.05) is 24.9 Å². The third-order valence-corrected chi connectivity index (χ3v) is 3.31. The maximum atomic E-state index is 5.73. The molecule has 1 saturated heterocycles. The summed E-state index contributed by atoms with van der Waals surface area (Å²) in [6.07, 6.45) is 3.99. The molecular formula is C14H22N2O. The fourth-order valence-electron chi connectivity index (χ4n) is 2.45. The lowest BCUT2D eigenvalue weighted by Crippen LogP contribution is -2.44. The van der Waals surface area contributed by atoms with Gasteiger partial charge < -0.3 is 10.1 Å². The summed E-state index contributed by atoms with van der Waals surface area (Å²) in [6, 6.07) is 6.88. The van der Waals surface area contributed by atoms with Crippen LogP contribution in [0.1, 0.15) is 45.3 Å². The first kappa shape index (κ1) is 12.5. The summed E-state index contributed by atoms with van der Waals surface area (Å²) < 4.78 is 5.73. The van der Waals surface area contributed by atoms with Crippen molar-refractivity contribution in [3.63, 3.8) is 0 Å². The van der Waals surface area contributed by atoms with E-state index in [1.54, 1.807) is 0 Å². The standard InChI is InChI=1S/C14H22N2O/c1-11(13-6-4-5-8-15-13)16-12-7-9-17-14(2,3)10-12/h4-6,8,11-12,16H,7,9-10H2,1-3H3/t11-,12?/m1/s1. The van der Waals surface area contributed by atoms with Crippen molar-refractivity contribution in [3.8, 4) is 0 Å². The summed E-state index contributed by atoms with van der Waals surface area (Å²) in [4.78, 5) is 4.39. The summed E-state index contributed by atoms with van der Waals surface area (Å²) in [5.41, 5.74) is 1.11. The smallest absolute Gasteiger partial charge is 0.0641 e. The highest BCUT2D eigenvalue weighted by Crippen LogP contribution is 2.25. The Morgan fingerprint density at radius 3 is 2.94 bits per heavy atom. The fourth-order valence-corrected chi connectivity index (χ4v) is 2.45. The van der Waals surface area contributed by atoms with Gasteiger partial charge in [0.1, 0.15) is 0 Å². The molecule has 1 N–H and O–H groups in total. The van der Waals surface area contributed by atoms with Crippen LogP contribution < -0.4 is 5.32 Å². The average Bonchev–Trinajstić information content (AvgIpc) is 2.29. The van der Waals surface area contributed by atoms with Crippen molar-refractivity contribution in [1.82, 2.24) is 10.3 Å². The number of pyridine rings is 1. The second-order valence-corrected chi connectivity index (χ2v) is 5.44. The van der Waals surface area contributed by atoms with E-state index in [4.69, 9.17) is 4.74 Å². The molecule has 2 atom stereocenters. The maximum Gasteiger partial charge on any atom is 0.0641 e. The monoisotopic (exact) mass is 234 g/mol. The Bertz CT molecular complexity index is 350. The number of ether oxygens (including phenoxy) is 1. The van der Waals surface area contributed by atoms with E-state index in [0.29, 0.717) is 12.1 Å². The third kappa shape index (κ3) is 3.51. The molecule has 94 valence electrons. The molecule has 0 aliphatic carbocycles. The Morgan fingerprint density at radius 1 is 1.47 bits per heavy atom. The number of hydrogen-bond acceptors (Lipinski definition) is 3. The molecule has 1 aliphatic heterocycles. The van der Waals surface area contributed by atoms with E-state index >= 15 is 0 Å². The summed E-state index contributed by atoms with van der Waals surface area (Å²) in [5.74, 6) is 0. The van der Waals surface area contributed by atoms with Crippen LogP contribution in [0.2, 0.25) is 0 Å². The third-order valence-electron chi connectivity index (χ3n) is 3.31. The molecule has 3 nitrogen and oxygen atoms in total. The maximum absolute atomic E-state index is 5.73. The Morgan fingerprint density at radius 2 is 2.29 bits per heavy atom. The Balaban J connectivity index is 1.93. The minimum Gasteiger partial charge on any atom is -0.375 e. The van der Waals surface area contributed by atoms with Crippen LogP contribution in [-0.2, 0) is 4.74 Å². The molecule has 0 radical (unpaired) electrons. The summed E-state index contributed by atoms with van der Waals surface area (Å²) in [5, 5.41) is 3.65. The van der Waals surface area contributed by atoms with E-state index in [0.717, 1.165) is 25.1 Å². The largest absolute Gasteiger partial charge is 0.375 e. The molecule has 1 aromatic heterocycles. The molecule has 0 amide bonds. The molecule has 2 rings (SSSR count). The zero-order valence-corrected chi connectivity index (χ0v) is 10.9. The Labute approximate surface area is 104 Å². The Kier molecular flexibility index (Phi) is 3.79. The van der Waals surface area contributed by atoms with Gasteiger partial charge in [-0.3, -0.25) is 4.98 Å². The molecule has 0 saturated carbocycles. The molecule has 1 unspecified atom stereocenters. The molecule has 2 heterocycles. The predicted molar refractivity (Wildman–Crippen MR) is 68.8 cm³/mol. The molecule has 17 heavy (non-hydrogen) atoms. The van der Waals surface area contributed by atoms with Crippen LogP contribution in [0.25, 0.3) is 0 Å². The number of nitrogens with zero attached hydrogens (tertiary/aromatic N) is 1. The van der Waals surface area contributed by atoms with E-state index in [1.165, 1.54) is 0 Å². The van der Waals surface area contributed by atoms with Gasteiger partial charge in [0.15, 0.2) is 0 Å². The Hall–Kier alpha value is -0.930. The fraction of sp³-hybridized carbons (Fsp3) is 0.643. The first-order chi connectivity index (χ1) is 8.07. The number of nitrogens with one attached hydrogen (secondary N) is 1. The molecule has 0 aromatic carbocycles. The molecule has 1 aliphatic rings. The lowest BCUT2D eigenvalue weighted by molar-refractivity contribution is -0.0640.